The maximum Gasteiger partial charge on any atom is 0.261 e. The Morgan fingerprint density at radius 2 is 1.40 bits per heavy atom. The molecule has 1 amide bonds. The number of sulfonamides is 1. The summed E-state index contributed by atoms with van der Waals surface area (Å²) in [5.41, 5.74) is 1.41. The average molecular weight is 360 g/mol. The van der Waals surface area contributed by atoms with Crippen LogP contribution in [0, 0.1) is 5.92 Å². The molecule has 0 radical (unpaired) electrons. The van der Waals surface area contributed by atoms with Gasteiger partial charge in [0.1, 0.15) is 0 Å². The van der Waals surface area contributed by atoms with E-state index in [4.69, 9.17) is 0 Å². The number of amides is 1. The summed E-state index contributed by atoms with van der Waals surface area (Å²) >= 11 is 0. The molecular formula is C18H20N2O4S. The number of rotatable bonds is 6. The first-order valence-corrected chi connectivity index (χ1v) is 9.22. The molecule has 0 spiro atoms. The van der Waals surface area contributed by atoms with Gasteiger partial charge >= 0.3 is 0 Å². The predicted octanol–water partition coefficient (Wildman–Crippen LogP) is 3.28. The number of carbonyl (C=O) groups excluding carboxylic acids is 2. The molecule has 2 N–H and O–H groups in total. The topological polar surface area (TPSA) is 92.3 Å². The molecule has 0 aliphatic heterocycles. The average Bonchev–Trinajstić information content (AvgIpc) is 2.56. The number of hydrogen-bond donors (Lipinski definition) is 2. The summed E-state index contributed by atoms with van der Waals surface area (Å²) in [6, 6.07) is 12.1. The Labute approximate surface area is 147 Å². The lowest BCUT2D eigenvalue weighted by Crippen LogP contribution is -2.17. The Balaban J connectivity index is 2.12. The number of ketones is 1. The van der Waals surface area contributed by atoms with Gasteiger partial charge in [-0.1, -0.05) is 26.0 Å². The van der Waals surface area contributed by atoms with Crippen LogP contribution in [0.1, 0.15) is 31.1 Å². The summed E-state index contributed by atoms with van der Waals surface area (Å²) < 4.78 is 27.2. The minimum Gasteiger partial charge on any atom is -0.326 e. The molecule has 0 saturated heterocycles. The van der Waals surface area contributed by atoms with Crippen molar-refractivity contribution < 1.29 is 18.0 Å². The normalized spacial score (nSPS) is 11.2. The minimum atomic E-state index is -3.75. The fourth-order valence-corrected chi connectivity index (χ4v) is 3.05. The van der Waals surface area contributed by atoms with Crippen molar-refractivity contribution in [2.75, 3.05) is 10.0 Å². The summed E-state index contributed by atoms with van der Waals surface area (Å²) in [5, 5.41) is 2.73. The third-order valence-electron chi connectivity index (χ3n) is 3.50. The standard InChI is InChI=1S/C18H20N2O4S/c1-12(2)18(22)19-15-6-8-16(9-7-15)20-25(23,24)17-10-4-14(5-11-17)13(3)21/h4-12,20H,1-3H3,(H,19,22). The Kier molecular flexibility index (Phi) is 5.58. The van der Waals surface area contributed by atoms with Crippen LogP contribution in [-0.4, -0.2) is 20.1 Å². The molecular weight excluding hydrogens is 340 g/mol. The maximum atomic E-state index is 12.4. The fraction of sp³-hybridized carbons (Fsp3) is 0.222. The molecule has 0 fully saturated rings. The molecule has 0 bridgehead atoms. The monoisotopic (exact) mass is 360 g/mol. The largest absolute Gasteiger partial charge is 0.326 e. The molecule has 25 heavy (non-hydrogen) atoms. The van der Waals surface area contributed by atoms with Crippen molar-refractivity contribution in [3.05, 3.63) is 54.1 Å². The van der Waals surface area contributed by atoms with Crippen molar-refractivity contribution in [2.24, 2.45) is 5.92 Å². The second kappa shape index (κ2) is 7.48. The van der Waals surface area contributed by atoms with Crippen molar-refractivity contribution in [1.29, 1.82) is 0 Å². The number of carbonyl (C=O) groups is 2. The van der Waals surface area contributed by atoms with Gasteiger partial charge in [-0.15, -0.1) is 0 Å². The van der Waals surface area contributed by atoms with E-state index in [-0.39, 0.29) is 22.5 Å². The second-order valence-corrected chi connectivity index (χ2v) is 7.59. The Morgan fingerprint density at radius 1 is 0.880 bits per heavy atom. The Hall–Kier alpha value is -2.67. The highest BCUT2D eigenvalue weighted by Crippen LogP contribution is 2.19. The van der Waals surface area contributed by atoms with Gasteiger partial charge in [0, 0.05) is 22.9 Å². The zero-order valence-corrected chi connectivity index (χ0v) is 15.1. The van der Waals surface area contributed by atoms with E-state index in [2.05, 4.69) is 10.0 Å². The van der Waals surface area contributed by atoms with Gasteiger partial charge in [-0.25, -0.2) is 8.42 Å². The fourth-order valence-electron chi connectivity index (χ4n) is 1.99. The van der Waals surface area contributed by atoms with Crippen LogP contribution in [0.3, 0.4) is 0 Å². The van der Waals surface area contributed by atoms with E-state index >= 15 is 0 Å². The van der Waals surface area contributed by atoms with Gasteiger partial charge in [0.2, 0.25) is 5.91 Å². The van der Waals surface area contributed by atoms with Gasteiger partial charge in [0.15, 0.2) is 5.78 Å². The number of anilines is 2. The van der Waals surface area contributed by atoms with Gasteiger partial charge in [0.25, 0.3) is 10.0 Å². The van der Waals surface area contributed by atoms with Crippen LogP contribution in [0.5, 0.6) is 0 Å². The van der Waals surface area contributed by atoms with E-state index in [1.807, 2.05) is 0 Å². The van der Waals surface area contributed by atoms with Crippen molar-refractivity contribution in [3.8, 4) is 0 Å². The van der Waals surface area contributed by atoms with Crippen molar-refractivity contribution in [1.82, 2.24) is 0 Å². The summed E-state index contributed by atoms with van der Waals surface area (Å²) in [7, 11) is -3.75. The van der Waals surface area contributed by atoms with Crippen molar-refractivity contribution in [2.45, 2.75) is 25.7 Å². The molecule has 2 aromatic carbocycles. The second-order valence-electron chi connectivity index (χ2n) is 5.91. The third kappa shape index (κ3) is 4.90. The number of nitrogens with one attached hydrogen (secondary N) is 2. The minimum absolute atomic E-state index is 0.0645. The van der Waals surface area contributed by atoms with Crippen LogP contribution in [-0.2, 0) is 14.8 Å². The molecule has 0 atom stereocenters. The molecule has 2 rings (SSSR count). The van der Waals surface area contributed by atoms with Gasteiger partial charge in [-0.3, -0.25) is 14.3 Å². The van der Waals surface area contributed by atoms with Crippen LogP contribution in [0.4, 0.5) is 11.4 Å². The Morgan fingerprint density at radius 3 is 1.88 bits per heavy atom. The molecule has 0 unspecified atom stereocenters. The highest BCUT2D eigenvalue weighted by Gasteiger charge is 2.15. The first-order valence-electron chi connectivity index (χ1n) is 7.74. The molecule has 0 heterocycles. The smallest absolute Gasteiger partial charge is 0.261 e. The number of Topliss-reactive ketones (excluding diaryl/α,β-unsaturated/α-hetero) is 1. The van der Waals surface area contributed by atoms with Crippen LogP contribution in [0.25, 0.3) is 0 Å². The molecule has 2 aromatic rings. The summed E-state index contributed by atoms with van der Waals surface area (Å²) in [5.74, 6) is -0.383. The summed E-state index contributed by atoms with van der Waals surface area (Å²) in [6.07, 6.45) is 0. The number of benzene rings is 2. The molecule has 132 valence electrons. The van der Waals surface area contributed by atoms with E-state index < -0.39 is 10.0 Å². The van der Waals surface area contributed by atoms with Crippen LogP contribution in [0.2, 0.25) is 0 Å². The molecule has 7 heteroatoms. The zero-order valence-electron chi connectivity index (χ0n) is 14.2. The van der Waals surface area contributed by atoms with Crippen molar-refractivity contribution in [3.63, 3.8) is 0 Å². The Bertz CT molecular complexity index is 870. The van der Waals surface area contributed by atoms with E-state index in [1.165, 1.54) is 31.2 Å². The van der Waals surface area contributed by atoms with E-state index in [0.717, 1.165) is 0 Å². The van der Waals surface area contributed by atoms with Gasteiger partial charge < -0.3 is 5.32 Å². The van der Waals surface area contributed by atoms with Crippen LogP contribution >= 0.6 is 0 Å². The predicted molar refractivity (Wildman–Crippen MR) is 97.2 cm³/mol. The molecule has 0 aromatic heterocycles. The lowest BCUT2D eigenvalue weighted by molar-refractivity contribution is -0.118. The van der Waals surface area contributed by atoms with E-state index in [1.54, 1.807) is 38.1 Å². The van der Waals surface area contributed by atoms with E-state index in [9.17, 15) is 18.0 Å². The van der Waals surface area contributed by atoms with Crippen LogP contribution in [0.15, 0.2) is 53.4 Å². The first-order chi connectivity index (χ1) is 11.7. The lowest BCUT2D eigenvalue weighted by atomic mass is 10.2. The quantitative estimate of drug-likeness (QED) is 0.773. The van der Waals surface area contributed by atoms with Gasteiger partial charge in [0.05, 0.1) is 4.90 Å². The summed E-state index contributed by atoms with van der Waals surface area (Å²) in [6.45, 7) is 4.99. The SMILES string of the molecule is CC(=O)c1ccc(S(=O)(=O)Nc2ccc(NC(=O)C(C)C)cc2)cc1. The van der Waals surface area contributed by atoms with Gasteiger partial charge in [-0.2, -0.15) is 0 Å². The van der Waals surface area contributed by atoms with Crippen LogP contribution < -0.4 is 10.0 Å². The third-order valence-corrected chi connectivity index (χ3v) is 4.90. The zero-order chi connectivity index (χ0) is 18.6. The maximum absolute atomic E-state index is 12.4. The van der Waals surface area contributed by atoms with Gasteiger partial charge in [-0.05, 0) is 43.3 Å². The molecule has 0 saturated carbocycles. The summed E-state index contributed by atoms with van der Waals surface area (Å²) in [4.78, 5) is 23.0. The van der Waals surface area contributed by atoms with E-state index in [0.29, 0.717) is 16.9 Å². The molecule has 0 aliphatic rings. The first kappa shape index (κ1) is 18.7. The highest BCUT2D eigenvalue weighted by molar-refractivity contribution is 7.92. The van der Waals surface area contributed by atoms with Crippen molar-refractivity contribution >= 4 is 33.1 Å². The molecule has 0 aliphatic carbocycles. The highest BCUT2D eigenvalue weighted by atomic mass is 32.2. The molecule has 6 nitrogen and oxygen atoms in total. The lowest BCUT2D eigenvalue weighted by Gasteiger charge is -2.11. The number of hydrogen-bond acceptors (Lipinski definition) is 4.